The number of aromatic nitrogens is 3. The van der Waals surface area contributed by atoms with E-state index in [0.29, 0.717) is 22.4 Å². The van der Waals surface area contributed by atoms with Crippen LogP contribution in [0.1, 0.15) is 35.2 Å². The minimum Gasteiger partial charge on any atom is -0.316 e. The molecule has 1 fully saturated rings. The average Bonchev–Trinajstić information content (AvgIpc) is 3.21. The van der Waals surface area contributed by atoms with E-state index in [-0.39, 0.29) is 11.7 Å². The van der Waals surface area contributed by atoms with Gasteiger partial charge in [-0.05, 0) is 29.3 Å². The third kappa shape index (κ3) is 3.75. The number of hydrogen-bond acceptors (Lipinski definition) is 6. The molecule has 2 atom stereocenters. The number of nitrogens with zero attached hydrogens (tertiary/aromatic N) is 4. The van der Waals surface area contributed by atoms with Crippen LogP contribution in [0.25, 0.3) is 0 Å². The monoisotopic (exact) mass is 395 g/mol. The number of thiophene rings is 1. The van der Waals surface area contributed by atoms with Crippen LogP contribution in [-0.4, -0.2) is 26.4 Å². The topological polar surface area (TPSA) is 83.6 Å². The van der Waals surface area contributed by atoms with Crippen molar-refractivity contribution in [2.24, 2.45) is 7.05 Å². The van der Waals surface area contributed by atoms with E-state index in [1.54, 1.807) is 11.4 Å². The molecule has 1 N–H and O–H groups in total. The molecule has 2 heterocycles. The third-order valence-corrected chi connectivity index (χ3v) is 6.44. The van der Waals surface area contributed by atoms with Gasteiger partial charge in [-0.15, -0.1) is 21.5 Å². The van der Waals surface area contributed by atoms with Crippen molar-refractivity contribution < 1.29 is 4.79 Å². The predicted molar refractivity (Wildman–Crippen MR) is 106 cm³/mol. The SMILES string of the molecule is Cn1c(SCC(=O)Nc2sccc2C#N)nnc1C1CC1c1ccccc1. The Morgan fingerprint density at radius 2 is 2.15 bits per heavy atom. The number of amides is 1. The van der Waals surface area contributed by atoms with Gasteiger partial charge in [-0.2, -0.15) is 5.26 Å². The van der Waals surface area contributed by atoms with Crippen LogP contribution < -0.4 is 5.32 Å². The second-order valence-electron chi connectivity index (χ2n) is 6.37. The number of anilines is 1. The zero-order valence-electron chi connectivity index (χ0n) is 14.6. The summed E-state index contributed by atoms with van der Waals surface area (Å²) in [6.07, 6.45) is 1.08. The van der Waals surface area contributed by atoms with Crippen molar-refractivity contribution in [2.45, 2.75) is 23.4 Å². The van der Waals surface area contributed by atoms with Crippen molar-refractivity contribution in [1.29, 1.82) is 5.26 Å². The minimum absolute atomic E-state index is 0.155. The molecule has 1 aliphatic rings. The zero-order valence-corrected chi connectivity index (χ0v) is 16.3. The van der Waals surface area contributed by atoms with Gasteiger partial charge < -0.3 is 9.88 Å². The Hall–Kier alpha value is -2.63. The fraction of sp³-hybridized carbons (Fsp3) is 0.263. The second-order valence-corrected chi connectivity index (χ2v) is 8.23. The van der Waals surface area contributed by atoms with Gasteiger partial charge in [-0.1, -0.05) is 42.1 Å². The summed E-state index contributed by atoms with van der Waals surface area (Å²) in [4.78, 5) is 12.2. The van der Waals surface area contributed by atoms with Gasteiger partial charge in [0.05, 0.1) is 11.3 Å². The summed E-state index contributed by atoms with van der Waals surface area (Å²) in [6.45, 7) is 0. The summed E-state index contributed by atoms with van der Waals surface area (Å²) in [7, 11) is 1.95. The summed E-state index contributed by atoms with van der Waals surface area (Å²) in [5.41, 5.74) is 1.82. The van der Waals surface area contributed by atoms with E-state index in [1.165, 1.54) is 28.7 Å². The first-order valence-electron chi connectivity index (χ1n) is 8.52. The lowest BCUT2D eigenvalue weighted by molar-refractivity contribution is -0.113. The Kier molecular flexibility index (Phi) is 4.97. The molecular formula is C19H17N5OS2. The number of nitriles is 1. The molecule has 3 aromatic rings. The highest BCUT2D eigenvalue weighted by Gasteiger charge is 2.42. The van der Waals surface area contributed by atoms with Gasteiger partial charge in [-0.25, -0.2) is 0 Å². The van der Waals surface area contributed by atoms with Crippen LogP contribution in [0.15, 0.2) is 46.9 Å². The third-order valence-electron chi connectivity index (χ3n) is 4.59. The molecular weight excluding hydrogens is 378 g/mol. The molecule has 8 heteroatoms. The van der Waals surface area contributed by atoms with Crippen LogP contribution >= 0.6 is 23.1 Å². The fourth-order valence-corrected chi connectivity index (χ4v) is 4.58. The van der Waals surface area contributed by atoms with Gasteiger partial charge in [0.2, 0.25) is 5.91 Å². The second kappa shape index (κ2) is 7.55. The first kappa shape index (κ1) is 17.8. The molecule has 136 valence electrons. The maximum absolute atomic E-state index is 12.2. The van der Waals surface area contributed by atoms with Crippen LogP contribution in [0.5, 0.6) is 0 Å². The Labute approximate surface area is 165 Å². The molecule has 0 aliphatic heterocycles. The van der Waals surface area contributed by atoms with Crippen molar-refractivity contribution in [1.82, 2.24) is 14.8 Å². The number of rotatable bonds is 6. The normalized spacial score (nSPS) is 18.1. The van der Waals surface area contributed by atoms with Gasteiger partial charge in [0, 0.05) is 13.0 Å². The minimum atomic E-state index is -0.155. The number of thioether (sulfide) groups is 1. The fourth-order valence-electron chi connectivity index (χ4n) is 3.11. The molecule has 6 nitrogen and oxygen atoms in total. The smallest absolute Gasteiger partial charge is 0.235 e. The van der Waals surface area contributed by atoms with Gasteiger partial charge >= 0.3 is 0 Å². The quantitative estimate of drug-likeness (QED) is 0.643. The Morgan fingerprint density at radius 3 is 2.93 bits per heavy atom. The van der Waals surface area contributed by atoms with Gasteiger partial charge in [0.25, 0.3) is 0 Å². The Bertz CT molecular complexity index is 1000. The summed E-state index contributed by atoms with van der Waals surface area (Å²) < 4.78 is 1.98. The van der Waals surface area contributed by atoms with E-state index in [2.05, 4.69) is 45.8 Å². The molecule has 4 rings (SSSR count). The largest absolute Gasteiger partial charge is 0.316 e. The van der Waals surface area contributed by atoms with Crippen molar-refractivity contribution in [3.63, 3.8) is 0 Å². The first-order valence-corrected chi connectivity index (χ1v) is 10.4. The molecule has 1 saturated carbocycles. The van der Waals surface area contributed by atoms with Crippen LogP contribution in [0.3, 0.4) is 0 Å². The molecule has 0 spiro atoms. The first-order chi connectivity index (χ1) is 13.2. The van der Waals surface area contributed by atoms with Crippen molar-refractivity contribution in [3.05, 3.63) is 58.7 Å². The zero-order chi connectivity index (χ0) is 18.8. The Morgan fingerprint density at radius 1 is 1.33 bits per heavy atom. The highest BCUT2D eigenvalue weighted by Crippen LogP contribution is 2.54. The van der Waals surface area contributed by atoms with Crippen LogP contribution in [0.4, 0.5) is 5.00 Å². The number of carbonyl (C=O) groups is 1. The lowest BCUT2D eigenvalue weighted by atomic mass is 10.1. The van der Waals surface area contributed by atoms with Gasteiger partial charge in [-0.3, -0.25) is 4.79 Å². The summed E-state index contributed by atoms with van der Waals surface area (Å²) in [5.74, 6) is 1.92. The molecule has 2 unspecified atom stereocenters. The lowest BCUT2D eigenvalue weighted by Gasteiger charge is -2.05. The number of benzene rings is 1. The standard InChI is InChI=1S/C19H17N5OS2/c1-24-17(15-9-14(15)12-5-3-2-4-6-12)22-23-19(24)27-11-16(25)21-18-13(10-20)7-8-26-18/h2-8,14-15H,9,11H2,1H3,(H,21,25). The summed E-state index contributed by atoms with van der Waals surface area (Å²) in [6, 6.07) is 14.2. The summed E-state index contributed by atoms with van der Waals surface area (Å²) in [5, 5.41) is 23.5. The molecule has 27 heavy (non-hydrogen) atoms. The molecule has 1 aliphatic carbocycles. The van der Waals surface area contributed by atoms with E-state index in [0.717, 1.165) is 17.4 Å². The number of carbonyl (C=O) groups excluding carboxylic acids is 1. The van der Waals surface area contributed by atoms with Crippen LogP contribution in [-0.2, 0) is 11.8 Å². The van der Waals surface area contributed by atoms with Crippen molar-refractivity contribution in [3.8, 4) is 6.07 Å². The molecule has 0 bridgehead atoms. The average molecular weight is 396 g/mol. The van der Waals surface area contributed by atoms with Crippen molar-refractivity contribution in [2.75, 3.05) is 11.1 Å². The predicted octanol–water partition coefficient (Wildman–Crippen LogP) is 3.75. The highest BCUT2D eigenvalue weighted by molar-refractivity contribution is 7.99. The van der Waals surface area contributed by atoms with E-state index >= 15 is 0 Å². The molecule has 1 aromatic carbocycles. The van der Waals surface area contributed by atoms with Gasteiger partial charge in [0.1, 0.15) is 16.9 Å². The highest BCUT2D eigenvalue weighted by atomic mass is 32.2. The molecule has 2 aromatic heterocycles. The van der Waals surface area contributed by atoms with Crippen LogP contribution in [0, 0.1) is 11.3 Å². The maximum Gasteiger partial charge on any atom is 0.235 e. The van der Waals surface area contributed by atoms with E-state index in [9.17, 15) is 4.79 Å². The number of nitrogens with one attached hydrogen (secondary N) is 1. The maximum atomic E-state index is 12.2. The van der Waals surface area contributed by atoms with E-state index < -0.39 is 0 Å². The summed E-state index contributed by atoms with van der Waals surface area (Å²) >= 11 is 2.70. The Balaban J connectivity index is 1.36. The van der Waals surface area contributed by atoms with E-state index in [4.69, 9.17) is 5.26 Å². The molecule has 0 saturated heterocycles. The van der Waals surface area contributed by atoms with Gasteiger partial charge in [0.15, 0.2) is 5.16 Å². The van der Waals surface area contributed by atoms with E-state index in [1.807, 2.05) is 17.7 Å². The number of hydrogen-bond donors (Lipinski definition) is 1. The molecule has 1 amide bonds. The van der Waals surface area contributed by atoms with Crippen molar-refractivity contribution >= 4 is 34.0 Å². The lowest BCUT2D eigenvalue weighted by Crippen LogP contribution is -2.14. The molecule has 0 radical (unpaired) electrons. The van der Waals surface area contributed by atoms with Crippen LogP contribution in [0.2, 0.25) is 0 Å².